The van der Waals surface area contributed by atoms with E-state index in [-0.39, 0.29) is 46.6 Å². The number of aryl methyl sites for hydroxylation is 1. The van der Waals surface area contributed by atoms with Gasteiger partial charge in [0, 0.05) is 62.8 Å². The van der Waals surface area contributed by atoms with E-state index in [1.54, 1.807) is 55.4 Å². The lowest BCUT2D eigenvalue weighted by molar-refractivity contribution is -0.117. The molecule has 0 aliphatic carbocycles. The second kappa shape index (κ2) is 13.1. The van der Waals surface area contributed by atoms with Crippen LogP contribution in [0.1, 0.15) is 48.1 Å². The molecule has 0 saturated heterocycles. The summed E-state index contributed by atoms with van der Waals surface area (Å²) in [6.07, 6.45) is 1.91. The van der Waals surface area contributed by atoms with E-state index in [4.69, 9.17) is 37.4 Å². The summed E-state index contributed by atoms with van der Waals surface area (Å²) in [5, 5.41) is 8.17. The zero-order valence-corrected chi connectivity index (χ0v) is 26.0. The Bertz CT molecular complexity index is 1630. The van der Waals surface area contributed by atoms with Crippen LogP contribution in [0, 0.1) is 0 Å². The van der Waals surface area contributed by atoms with E-state index in [1.165, 1.54) is 0 Å². The highest BCUT2D eigenvalue weighted by atomic mass is 35.5. The van der Waals surface area contributed by atoms with Crippen molar-refractivity contribution in [2.75, 3.05) is 27.4 Å². The number of benzene rings is 2. The molecule has 0 aliphatic heterocycles. The topological polar surface area (TPSA) is 105 Å². The minimum absolute atomic E-state index is 0.0181. The van der Waals surface area contributed by atoms with Gasteiger partial charge >= 0.3 is 0 Å². The summed E-state index contributed by atoms with van der Waals surface area (Å²) in [6, 6.07) is 10.4. The Labute approximate surface area is 255 Å². The van der Waals surface area contributed by atoms with E-state index in [0.29, 0.717) is 45.9 Å². The molecular weight excluding hydrogens is 579 g/mol. The number of fused-ring (bicyclic) bond motifs is 1. The van der Waals surface area contributed by atoms with E-state index < -0.39 is 0 Å². The third-order valence-corrected chi connectivity index (χ3v) is 7.58. The van der Waals surface area contributed by atoms with Crippen LogP contribution in [0.25, 0.3) is 10.9 Å². The molecule has 2 aromatic carbocycles. The molecule has 0 spiro atoms. The molecule has 2 heterocycles. The molecule has 0 radical (unpaired) electrons. The van der Waals surface area contributed by atoms with Crippen LogP contribution in [0.2, 0.25) is 10.0 Å². The van der Waals surface area contributed by atoms with E-state index in [9.17, 15) is 9.59 Å². The van der Waals surface area contributed by atoms with Gasteiger partial charge in [-0.1, -0.05) is 50.0 Å². The monoisotopic (exact) mass is 612 g/mol. The van der Waals surface area contributed by atoms with Crippen LogP contribution in [0.15, 0.2) is 42.6 Å². The first kappa shape index (κ1) is 31.3. The van der Waals surface area contributed by atoms with E-state index >= 15 is 0 Å². The molecule has 4 aromatic rings. The number of methoxy groups -OCH3 is 1. The number of halogens is 2. The molecule has 0 bridgehead atoms. The van der Waals surface area contributed by atoms with Crippen LogP contribution < -0.4 is 14.8 Å². The lowest BCUT2D eigenvalue weighted by Crippen LogP contribution is -2.19. The first-order chi connectivity index (χ1) is 19.9. The highest BCUT2D eigenvalue weighted by molar-refractivity contribution is 6.43. The van der Waals surface area contributed by atoms with Crippen LogP contribution in [-0.4, -0.2) is 53.8 Å². The number of rotatable bonds is 11. The fourth-order valence-corrected chi connectivity index (χ4v) is 4.77. The van der Waals surface area contributed by atoms with Gasteiger partial charge in [-0.25, -0.2) is 0 Å². The summed E-state index contributed by atoms with van der Waals surface area (Å²) in [5.74, 6) is 0.750. The minimum Gasteiger partial charge on any atom is -0.490 e. The number of carbonyl (C=O) groups excluding carboxylic acids is 2. The molecule has 2 aromatic heterocycles. The SMILES string of the molecule is CNC(=O)c1cc2c(Oc3ccc(CC(=O)Cc4cc(C(C)(C)C)nn4C)c(Cl)c3Cl)ccnc2cc1OCCOC. The second-order valence-corrected chi connectivity index (χ2v) is 11.6. The maximum Gasteiger partial charge on any atom is 0.254 e. The van der Waals surface area contributed by atoms with Gasteiger partial charge in [-0.05, 0) is 29.8 Å². The normalized spacial score (nSPS) is 11.5. The van der Waals surface area contributed by atoms with Crippen molar-refractivity contribution in [2.24, 2.45) is 7.05 Å². The number of nitrogens with one attached hydrogen (secondary N) is 1. The van der Waals surface area contributed by atoms with E-state index in [1.807, 2.05) is 13.1 Å². The van der Waals surface area contributed by atoms with Crippen LogP contribution in [0.3, 0.4) is 0 Å². The quantitative estimate of drug-likeness (QED) is 0.204. The highest BCUT2D eigenvalue weighted by Gasteiger charge is 2.22. The number of hydrogen-bond acceptors (Lipinski definition) is 7. The van der Waals surface area contributed by atoms with Crippen molar-refractivity contribution in [3.63, 3.8) is 0 Å². The number of hydrogen-bond donors (Lipinski definition) is 1. The summed E-state index contributed by atoms with van der Waals surface area (Å²) in [6.45, 7) is 6.88. The number of aromatic nitrogens is 3. The van der Waals surface area contributed by atoms with Crippen LogP contribution in [-0.2, 0) is 34.8 Å². The Morgan fingerprint density at radius 1 is 0.976 bits per heavy atom. The molecule has 0 saturated carbocycles. The first-order valence-corrected chi connectivity index (χ1v) is 14.1. The van der Waals surface area contributed by atoms with Crippen LogP contribution in [0.4, 0.5) is 0 Å². The number of pyridine rings is 1. The number of Topliss-reactive ketones (excluding diaryl/α,β-unsaturated/α-hetero) is 1. The predicted molar refractivity (Wildman–Crippen MR) is 163 cm³/mol. The Morgan fingerprint density at radius 2 is 1.74 bits per heavy atom. The van der Waals surface area contributed by atoms with E-state index in [2.05, 4.69) is 36.2 Å². The molecule has 42 heavy (non-hydrogen) atoms. The molecular formula is C31H34Cl2N4O5. The lowest BCUT2D eigenvalue weighted by Gasteiger charge is -2.15. The molecule has 1 amide bonds. The highest BCUT2D eigenvalue weighted by Crippen LogP contribution is 2.40. The third kappa shape index (κ3) is 7.03. The summed E-state index contributed by atoms with van der Waals surface area (Å²) < 4.78 is 18.7. The van der Waals surface area contributed by atoms with Gasteiger partial charge < -0.3 is 19.5 Å². The Kier molecular flexibility index (Phi) is 9.76. The standard InChI is InChI=1S/C31H34Cl2N4O5/c1-31(2,3)27-15-19(37(5)36-27)14-20(38)13-18-7-8-25(29(33)28(18)32)42-24-9-10-35-23-17-26(41-12-11-40-6)22(16-21(23)24)30(39)34-4/h7-10,15-17H,11-14H2,1-6H3,(H,34,39). The summed E-state index contributed by atoms with van der Waals surface area (Å²) in [7, 11) is 4.95. The average Bonchev–Trinajstić information content (AvgIpc) is 3.32. The van der Waals surface area contributed by atoms with Crippen molar-refractivity contribution in [1.82, 2.24) is 20.1 Å². The Morgan fingerprint density at radius 3 is 2.40 bits per heavy atom. The predicted octanol–water partition coefficient (Wildman–Crippen LogP) is 6.10. The van der Waals surface area contributed by atoms with Gasteiger partial charge in [-0.15, -0.1) is 0 Å². The van der Waals surface area contributed by atoms with Crippen molar-refractivity contribution in [2.45, 2.75) is 39.0 Å². The van der Waals surface area contributed by atoms with Crippen molar-refractivity contribution >= 4 is 45.8 Å². The largest absolute Gasteiger partial charge is 0.490 e. The van der Waals surface area contributed by atoms with Crippen molar-refractivity contribution in [1.29, 1.82) is 0 Å². The van der Waals surface area contributed by atoms with Gasteiger partial charge in [0.05, 0.1) is 28.4 Å². The molecule has 0 fully saturated rings. The molecule has 0 unspecified atom stereocenters. The first-order valence-electron chi connectivity index (χ1n) is 13.4. The molecule has 9 nitrogen and oxygen atoms in total. The maximum absolute atomic E-state index is 13.0. The van der Waals surface area contributed by atoms with Crippen molar-refractivity contribution in [3.05, 3.63) is 75.2 Å². The van der Waals surface area contributed by atoms with Gasteiger partial charge in [0.2, 0.25) is 0 Å². The smallest absolute Gasteiger partial charge is 0.254 e. The Hall–Kier alpha value is -3.66. The third-order valence-electron chi connectivity index (χ3n) is 6.68. The van der Waals surface area contributed by atoms with E-state index in [0.717, 1.165) is 11.4 Å². The fourth-order valence-electron chi connectivity index (χ4n) is 4.32. The summed E-state index contributed by atoms with van der Waals surface area (Å²) in [5.41, 5.74) is 3.12. The average molecular weight is 614 g/mol. The fraction of sp³-hybridized carbons (Fsp3) is 0.355. The molecule has 0 aliphatic rings. The maximum atomic E-state index is 13.0. The van der Waals surface area contributed by atoms with Gasteiger partial charge in [0.25, 0.3) is 5.91 Å². The number of ketones is 1. The number of ether oxygens (including phenoxy) is 3. The van der Waals surface area contributed by atoms with Gasteiger partial charge in [-0.2, -0.15) is 5.10 Å². The summed E-state index contributed by atoms with van der Waals surface area (Å²) >= 11 is 13.2. The Balaban J connectivity index is 1.57. The number of carbonyl (C=O) groups is 2. The van der Waals surface area contributed by atoms with Crippen molar-refractivity contribution in [3.8, 4) is 17.2 Å². The van der Waals surface area contributed by atoms with Gasteiger partial charge in [-0.3, -0.25) is 19.3 Å². The molecule has 11 heteroatoms. The van der Waals surface area contributed by atoms with Gasteiger partial charge in [0.15, 0.2) is 0 Å². The zero-order valence-electron chi connectivity index (χ0n) is 24.5. The molecule has 1 N–H and O–H groups in total. The molecule has 222 valence electrons. The van der Waals surface area contributed by atoms with Crippen LogP contribution >= 0.6 is 23.2 Å². The molecule has 4 rings (SSSR count). The number of amides is 1. The van der Waals surface area contributed by atoms with Crippen LogP contribution in [0.5, 0.6) is 17.2 Å². The lowest BCUT2D eigenvalue weighted by atomic mass is 9.92. The van der Waals surface area contributed by atoms with Gasteiger partial charge in [0.1, 0.15) is 34.7 Å². The zero-order chi connectivity index (χ0) is 30.6. The minimum atomic E-state index is -0.324. The van der Waals surface area contributed by atoms with Crippen molar-refractivity contribution < 1.29 is 23.8 Å². The summed E-state index contributed by atoms with van der Waals surface area (Å²) in [4.78, 5) is 30.0. The number of nitrogens with zero attached hydrogens (tertiary/aromatic N) is 3. The molecule has 0 atom stereocenters. The second-order valence-electron chi connectivity index (χ2n) is 10.8.